The lowest BCUT2D eigenvalue weighted by Gasteiger charge is -2.19. The second kappa shape index (κ2) is 9.78. The van der Waals surface area contributed by atoms with Crippen molar-refractivity contribution in [2.24, 2.45) is 0 Å². The van der Waals surface area contributed by atoms with Crippen LogP contribution in [0.3, 0.4) is 0 Å². The van der Waals surface area contributed by atoms with Gasteiger partial charge in [0.05, 0.1) is 11.1 Å². The third-order valence-electron chi connectivity index (χ3n) is 3.43. The van der Waals surface area contributed by atoms with Crippen LogP contribution in [0, 0.1) is 7.14 Å². The van der Waals surface area contributed by atoms with E-state index in [1.807, 2.05) is 45.2 Å². The first-order valence-corrected chi connectivity index (χ1v) is 11.5. The molecule has 0 spiro atoms. The van der Waals surface area contributed by atoms with E-state index in [1.165, 1.54) is 12.1 Å². The fourth-order valence-corrected chi connectivity index (χ4v) is 3.75. The van der Waals surface area contributed by atoms with Crippen molar-refractivity contribution in [3.8, 4) is 5.75 Å². The topological polar surface area (TPSA) is 107 Å². The smallest absolute Gasteiger partial charge is 0.426 e. The molecule has 0 aromatic heterocycles. The highest BCUT2D eigenvalue weighted by Gasteiger charge is 2.45. The van der Waals surface area contributed by atoms with Gasteiger partial charge in [-0.05, 0) is 87.6 Å². The van der Waals surface area contributed by atoms with Crippen LogP contribution in [-0.2, 0) is 14.9 Å². The molecule has 0 saturated carbocycles. The van der Waals surface area contributed by atoms with Crippen molar-refractivity contribution in [2.45, 2.75) is 12.3 Å². The van der Waals surface area contributed by atoms with Gasteiger partial charge in [-0.25, -0.2) is 9.59 Å². The summed E-state index contributed by atoms with van der Waals surface area (Å²) in [7, 11) is -5.04. The number of alkyl halides is 3. The van der Waals surface area contributed by atoms with Gasteiger partial charge in [-0.15, -0.1) is 0 Å². The molecule has 2 rings (SSSR count). The Balaban J connectivity index is 2.11. The molecule has 0 heterocycles. The Labute approximate surface area is 196 Å². The van der Waals surface area contributed by atoms with E-state index >= 15 is 0 Å². The predicted molar refractivity (Wildman–Crippen MR) is 115 cm³/mol. The zero-order valence-corrected chi connectivity index (χ0v) is 19.7. The summed E-state index contributed by atoms with van der Waals surface area (Å²) in [4.78, 5) is 24.2. The Hall–Kier alpha value is -1.46. The number of hydrogen-bond acceptors (Lipinski definition) is 6. The number of benzene rings is 2. The Kier molecular flexibility index (Phi) is 8.09. The van der Waals surface area contributed by atoms with Crippen molar-refractivity contribution in [1.29, 1.82) is 0 Å². The third-order valence-corrected chi connectivity index (χ3v) is 5.76. The van der Waals surface area contributed by atoms with Crippen LogP contribution in [0.4, 0.5) is 13.2 Å². The minimum Gasteiger partial charge on any atom is -0.448 e. The van der Waals surface area contributed by atoms with Gasteiger partial charge < -0.3 is 9.47 Å². The fourth-order valence-electron chi connectivity index (χ4n) is 2.06. The van der Waals surface area contributed by atoms with E-state index in [-0.39, 0.29) is 11.3 Å². The monoisotopic (exact) mass is 670 g/mol. The first-order valence-electron chi connectivity index (χ1n) is 7.76. The standard InChI is InChI=1S/C17H11F3I2O7S/c18-17(19,20)14(8-30(25,26)27)29-15(23)9-1-4-11(5-2-9)28-16(24)12-7-10(21)3-6-13(12)22/h1-7,14H,8H2,(H,25,26,27). The molecule has 2 aromatic carbocycles. The van der Waals surface area contributed by atoms with E-state index in [1.54, 1.807) is 18.2 Å². The van der Waals surface area contributed by atoms with Crippen LogP contribution in [0.2, 0.25) is 0 Å². The first-order chi connectivity index (χ1) is 13.8. The van der Waals surface area contributed by atoms with Crippen LogP contribution in [0.15, 0.2) is 42.5 Å². The van der Waals surface area contributed by atoms with Gasteiger partial charge in [-0.1, -0.05) is 0 Å². The normalized spacial score (nSPS) is 12.9. The molecule has 2 aromatic rings. The van der Waals surface area contributed by atoms with Crippen molar-refractivity contribution >= 4 is 67.2 Å². The van der Waals surface area contributed by atoms with E-state index in [0.29, 0.717) is 9.13 Å². The van der Waals surface area contributed by atoms with Gasteiger partial charge in [0.1, 0.15) is 11.5 Å². The highest BCUT2D eigenvalue weighted by Crippen LogP contribution is 2.26. The van der Waals surface area contributed by atoms with Gasteiger partial charge in [0.15, 0.2) is 0 Å². The average Bonchev–Trinajstić information content (AvgIpc) is 2.61. The predicted octanol–water partition coefficient (Wildman–Crippen LogP) is 4.09. The second-order valence-electron chi connectivity index (χ2n) is 5.72. The maximum absolute atomic E-state index is 12.8. The molecule has 13 heteroatoms. The first kappa shape index (κ1) is 24.8. The molecule has 1 N–H and O–H groups in total. The van der Waals surface area contributed by atoms with Crippen LogP contribution in [0.25, 0.3) is 0 Å². The summed E-state index contributed by atoms with van der Waals surface area (Å²) in [5.41, 5.74) is -0.0348. The Bertz CT molecular complexity index is 1050. The van der Waals surface area contributed by atoms with Gasteiger partial charge in [-0.2, -0.15) is 21.6 Å². The quantitative estimate of drug-likeness (QED) is 0.214. The van der Waals surface area contributed by atoms with E-state index in [4.69, 9.17) is 9.29 Å². The van der Waals surface area contributed by atoms with E-state index in [2.05, 4.69) is 4.74 Å². The third kappa shape index (κ3) is 7.35. The number of hydrogen-bond donors (Lipinski definition) is 1. The molecule has 0 saturated heterocycles. The van der Waals surface area contributed by atoms with Gasteiger partial charge in [0.2, 0.25) is 6.10 Å². The van der Waals surface area contributed by atoms with Crippen LogP contribution < -0.4 is 4.74 Å². The number of esters is 2. The summed E-state index contributed by atoms with van der Waals surface area (Å²) < 4.78 is 79.4. The van der Waals surface area contributed by atoms with Gasteiger partial charge in [0, 0.05) is 7.14 Å². The molecule has 0 fully saturated rings. The van der Waals surface area contributed by atoms with Crippen LogP contribution in [0.5, 0.6) is 5.75 Å². The number of ether oxygens (including phenoxy) is 2. The molecule has 7 nitrogen and oxygen atoms in total. The lowest BCUT2D eigenvalue weighted by Crippen LogP contribution is -2.39. The Morgan fingerprint density at radius 1 is 1.03 bits per heavy atom. The van der Waals surface area contributed by atoms with E-state index < -0.39 is 40.1 Å². The average molecular weight is 670 g/mol. The summed E-state index contributed by atoms with van der Waals surface area (Å²) in [6, 6.07) is 9.57. The molecule has 1 unspecified atom stereocenters. The maximum Gasteiger partial charge on any atom is 0.426 e. The maximum atomic E-state index is 12.8. The largest absolute Gasteiger partial charge is 0.448 e. The van der Waals surface area contributed by atoms with E-state index in [0.717, 1.165) is 15.7 Å². The second-order valence-corrected chi connectivity index (χ2v) is 9.63. The number of carbonyl (C=O) groups excluding carboxylic acids is 2. The highest BCUT2D eigenvalue weighted by atomic mass is 127. The van der Waals surface area contributed by atoms with Crippen molar-refractivity contribution in [3.05, 3.63) is 60.7 Å². The minimum absolute atomic E-state index is 0.0246. The van der Waals surface area contributed by atoms with Crippen LogP contribution >= 0.6 is 45.2 Å². The lowest BCUT2D eigenvalue weighted by molar-refractivity contribution is -0.197. The molecular weight excluding hydrogens is 659 g/mol. The molecular formula is C17H11F3I2O7S. The fraction of sp³-hybridized carbons (Fsp3) is 0.176. The van der Waals surface area contributed by atoms with E-state index in [9.17, 15) is 31.2 Å². The summed E-state index contributed by atoms with van der Waals surface area (Å²) in [5.74, 6) is -3.94. The van der Waals surface area contributed by atoms with Crippen molar-refractivity contribution < 1.29 is 45.2 Å². The highest BCUT2D eigenvalue weighted by molar-refractivity contribution is 14.1. The van der Waals surface area contributed by atoms with Gasteiger partial charge >= 0.3 is 18.1 Å². The SMILES string of the molecule is O=C(OC(CS(=O)(=O)O)C(F)(F)F)c1ccc(OC(=O)c2cc(I)ccc2I)cc1. The van der Waals surface area contributed by atoms with Gasteiger partial charge in [-0.3, -0.25) is 4.55 Å². The molecule has 0 bridgehead atoms. The van der Waals surface area contributed by atoms with Crippen LogP contribution in [-0.4, -0.2) is 42.9 Å². The van der Waals surface area contributed by atoms with Crippen molar-refractivity contribution in [2.75, 3.05) is 5.75 Å². The molecule has 0 radical (unpaired) electrons. The number of halogens is 5. The molecule has 1 atom stereocenters. The summed E-state index contributed by atoms with van der Waals surface area (Å²) in [5, 5.41) is 0. The minimum atomic E-state index is -5.20. The van der Waals surface area contributed by atoms with Crippen LogP contribution in [0.1, 0.15) is 20.7 Å². The zero-order valence-electron chi connectivity index (χ0n) is 14.5. The summed E-state index contributed by atoms with van der Waals surface area (Å²) >= 11 is 3.98. The lowest BCUT2D eigenvalue weighted by atomic mass is 10.2. The molecule has 162 valence electrons. The Morgan fingerprint density at radius 2 is 1.63 bits per heavy atom. The summed E-state index contributed by atoms with van der Waals surface area (Å²) in [6.45, 7) is 0. The Morgan fingerprint density at radius 3 is 2.17 bits per heavy atom. The zero-order chi connectivity index (χ0) is 22.7. The van der Waals surface area contributed by atoms with Crippen molar-refractivity contribution in [1.82, 2.24) is 0 Å². The van der Waals surface area contributed by atoms with Crippen molar-refractivity contribution in [3.63, 3.8) is 0 Å². The molecule has 0 aliphatic heterocycles. The molecule has 0 aliphatic carbocycles. The number of rotatable bonds is 6. The summed E-state index contributed by atoms with van der Waals surface area (Å²) in [6.07, 6.45) is -8.24. The molecule has 0 amide bonds. The van der Waals surface area contributed by atoms with Gasteiger partial charge in [0.25, 0.3) is 10.1 Å². The number of carbonyl (C=O) groups is 2. The molecule has 0 aliphatic rings. The molecule has 30 heavy (non-hydrogen) atoms.